The van der Waals surface area contributed by atoms with Crippen molar-refractivity contribution in [3.05, 3.63) is 0 Å². The van der Waals surface area contributed by atoms with Crippen molar-refractivity contribution in [2.24, 2.45) is 0 Å². The van der Waals surface area contributed by atoms with Gasteiger partial charge in [0.2, 0.25) is 0 Å². The van der Waals surface area contributed by atoms with E-state index < -0.39 is 0 Å². The molecule has 1 atom stereocenters. The quantitative estimate of drug-likeness (QED) is 0.554. The summed E-state index contributed by atoms with van der Waals surface area (Å²) in [6, 6.07) is 0. The minimum Gasteiger partial charge on any atom is -0.382 e. The zero-order chi connectivity index (χ0) is 8.53. The molecule has 0 saturated heterocycles. The fourth-order valence-corrected chi connectivity index (χ4v) is 1.28. The van der Waals surface area contributed by atoms with Crippen molar-refractivity contribution >= 4 is 11.8 Å². The molecule has 0 aliphatic rings. The number of thioether (sulfide) groups is 1. The van der Waals surface area contributed by atoms with E-state index in [0.717, 1.165) is 6.61 Å². The van der Waals surface area contributed by atoms with E-state index in [9.17, 15) is 0 Å². The summed E-state index contributed by atoms with van der Waals surface area (Å²) in [5.41, 5.74) is 0. The molecule has 0 fully saturated rings. The first-order valence-electron chi connectivity index (χ1n) is 3.94. The zero-order valence-corrected chi connectivity index (χ0v) is 8.45. The van der Waals surface area contributed by atoms with E-state index in [4.69, 9.17) is 9.47 Å². The lowest BCUT2D eigenvalue weighted by Crippen LogP contribution is -2.13. The molecule has 0 aliphatic heterocycles. The molecule has 3 heteroatoms. The molecule has 68 valence electrons. The predicted octanol–water partition coefficient (Wildman–Crippen LogP) is 1.79. The van der Waals surface area contributed by atoms with Gasteiger partial charge in [-0.05, 0) is 12.7 Å². The summed E-state index contributed by atoms with van der Waals surface area (Å²) in [7, 11) is 1.69. The fraction of sp³-hybridized carbons (Fsp3) is 1.00. The lowest BCUT2D eigenvalue weighted by Gasteiger charge is -2.11. The second-order valence-electron chi connectivity index (χ2n) is 2.33. The summed E-state index contributed by atoms with van der Waals surface area (Å²) in [6.07, 6.45) is 3.29. The highest BCUT2D eigenvalue weighted by molar-refractivity contribution is 7.99. The van der Waals surface area contributed by atoms with Gasteiger partial charge in [0.15, 0.2) is 0 Å². The van der Waals surface area contributed by atoms with Gasteiger partial charge in [-0.3, -0.25) is 0 Å². The summed E-state index contributed by atoms with van der Waals surface area (Å²) >= 11 is 1.86. The van der Waals surface area contributed by atoms with Crippen LogP contribution in [0.2, 0.25) is 0 Å². The Morgan fingerprint density at radius 3 is 2.55 bits per heavy atom. The maximum atomic E-state index is 5.37. The van der Waals surface area contributed by atoms with Gasteiger partial charge in [-0.2, -0.15) is 11.8 Å². The average Bonchev–Trinajstić information content (AvgIpc) is 2.05. The zero-order valence-electron chi connectivity index (χ0n) is 7.63. The molecule has 0 bridgehead atoms. The van der Waals surface area contributed by atoms with Crippen molar-refractivity contribution in [2.45, 2.75) is 18.6 Å². The van der Waals surface area contributed by atoms with Crippen LogP contribution in [0.5, 0.6) is 0 Å². The Morgan fingerprint density at radius 2 is 2.09 bits per heavy atom. The number of hydrogen-bond donors (Lipinski definition) is 0. The summed E-state index contributed by atoms with van der Waals surface area (Å²) < 4.78 is 10.2. The number of hydrogen-bond acceptors (Lipinski definition) is 3. The lowest BCUT2D eigenvalue weighted by atomic mass is 10.3. The van der Waals surface area contributed by atoms with Crippen molar-refractivity contribution in [3.8, 4) is 0 Å². The normalized spacial score (nSPS) is 13.4. The molecule has 0 saturated carbocycles. The van der Waals surface area contributed by atoms with E-state index in [2.05, 4.69) is 13.2 Å². The highest BCUT2D eigenvalue weighted by Gasteiger charge is 2.02. The average molecular weight is 178 g/mol. The third kappa shape index (κ3) is 6.66. The van der Waals surface area contributed by atoms with Crippen molar-refractivity contribution in [1.82, 2.24) is 0 Å². The molecule has 2 nitrogen and oxygen atoms in total. The topological polar surface area (TPSA) is 18.5 Å². The molecule has 0 N–H and O–H groups in total. The monoisotopic (exact) mass is 178 g/mol. The van der Waals surface area contributed by atoms with Gasteiger partial charge in [0, 0.05) is 12.4 Å². The Labute approximate surface area is 73.6 Å². The first kappa shape index (κ1) is 11.3. The Kier molecular flexibility index (Phi) is 8.57. The molecule has 0 heterocycles. The number of ether oxygens (including phenoxy) is 2. The van der Waals surface area contributed by atoms with E-state index >= 15 is 0 Å². The van der Waals surface area contributed by atoms with Crippen LogP contribution in [0.25, 0.3) is 0 Å². The second-order valence-corrected chi connectivity index (χ2v) is 3.47. The van der Waals surface area contributed by atoms with E-state index in [-0.39, 0.29) is 0 Å². The van der Waals surface area contributed by atoms with Crippen LogP contribution < -0.4 is 0 Å². The first-order chi connectivity index (χ1) is 5.35. The Morgan fingerprint density at radius 1 is 1.36 bits per heavy atom. The Hall–Kier alpha value is 0.270. The highest BCUT2D eigenvalue weighted by atomic mass is 32.2. The molecule has 1 unspecified atom stereocenters. The lowest BCUT2D eigenvalue weighted by molar-refractivity contribution is 0.0711. The SMILES string of the molecule is CCC(COCCOC)SC. The molecule has 0 rings (SSSR count). The van der Waals surface area contributed by atoms with Gasteiger partial charge in [0.1, 0.15) is 0 Å². The summed E-state index contributed by atoms with van der Waals surface area (Å²) in [5.74, 6) is 0. The predicted molar refractivity (Wildman–Crippen MR) is 50.3 cm³/mol. The molecule has 0 spiro atoms. The van der Waals surface area contributed by atoms with Crippen LogP contribution in [0.15, 0.2) is 0 Å². The van der Waals surface area contributed by atoms with Gasteiger partial charge >= 0.3 is 0 Å². The van der Waals surface area contributed by atoms with Crippen LogP contribution >= 0.6 is 11.8 Å². The first-order valence-corrected chi connectivity index (χ1v) is 5.23. The molecular weight excluding hydrogens is 160 g/mol. The standard InChI is InChI=1S/C8H18O2S/c1-4-8(11-3)7-10-6-5-9-2/h8H,4-7H2,1-3H3. The van der Waals surface area contributed by atoms with Crippen molar-refractivity contribution in [1.29, 1.82) is 0 Å². The molecule has 0 aromatic rings. The van der Waals surface area contributed by atoms with Gasteiger partial charge in [-0.1, -0.05) is 6.92 Å². The van der Waals surface area contributed by atoms with Crippen LogP contribution in [0.3, 0.4) is 0 Å². The highest BCUT2D eigenvalue weighted by Crippen LogP contribution is 2.09. The second kappa shape index (κ2) is 8.37. The molecule has 0 aliphatic carbocycles. The van der Waals surface area contributed by atoms with E-state index in [0.29, 0.717) is 18.5 Å². The third-order valence-corrected chi connectivity index (χ3v) is 2.66. The van der Waals surface area contributed by atoms with Crippen molar-refractivity contribution in [3.63, 3.8) is 0 Å². The van der Waals surface area contributed by atoms with Crippen LogP contribution in [-0.4, -0.2) is 38.4 Å². The molecule has 11 heavy (non-hydrogen) atoms. The summed E-state index contributed by atoms with van der Waals surface area (Å²) in [5, 5.41) is 0.645. The van der Waals surface area contributed by atoms with Crippen LogP contribution in [0.4, 0.5) is 0 Å². The summed E-state index contributed by atoms with van der Waals surface area (Å²) in [6.45, 7) is 4.44. The van der Waals surface area contributed by atoms with Crippen molar-refractivity contribution < 1.29 is 9.47 Å². The minimum atomic E-state index is 0.645. The van der Waals surface area contributed by atoms with Gasteiger partial charge < -0.3 is 9.47 Å². The van der Waals surface area contributed by atoms with E-state index in [1.807, 2.05) is 11.8 Å². The van der Waals surface area contributed by atoms with Crippen LogP contribution in [-0.2, 0) is 9.47 Å². The van der Waals surface area contributed by atoms with Gasteiger partial charge in [0.25, 0.3) is 0 Å². The van der Waals surface area contributed by atoms with Gasteiger partial charge in [0.05, 0.1) is 19.8 Å². The molecule has 0 amide bonds. The van der Waals surface area contributed by atoms with Crippen molar-refractivity contribution in [2.75, 3.05) is 33.2 Å². The maximum Gasteiger partial charge on any atom is 0.0700 e. The maximum absolute atomic E-state index is 5.37. The largest absolute Gasteiger partial charge is 0.382 e. The van der Waals surface area contributed by atoms with E-state index in [1.54, 1.807) is 7.11 Å². The minimum absolute atomic E-state index is 0.645. The summed E-state index contributed by atoms with van der Waals surface area (Å²) in [4.78, 5) is 0. The van der Waals surface area contributed by atoms with Gasteiger partial charge in [-0.25, -0.2) is 0 Å². The molecular formula is C8H18O2S. The van der Waals surface area contributed by atoms with Crippen LogP contribution in [0.1, 0.15) is 13.3 Å². The Balaban J connectivity index is 3.07. The molecule has 0 aromatic heterocycles. The molecule has 0 radical (unpaired) electrons. The van der Waals surface area contributed by atoms with E-state index in [1.165, 1.54) is 6.42 Å². The fourth-order valence-electron chi connectivity index (χ4n) is 0.710. The van der Waals surface area contributed by atoms with Crippen LogP contribution in [0, 0.1) is 0 Å². The third-order valence-electron chi connectivity index (χ3n) is 1.52. The molecule has 0 aromatic carbocycles. The van der Waals surface area contributed by atoms with Gasteiger partial charge in [-0.15, -0.1) is 0 Å². The smallest absolute Gasteiger partial charge is 0.0700 e. The Bertz CT molecular complexity index is 74.5. The number of methoxy groups -OCH3 is 1. The number of rotatable bonds is 7.